The van der Waals surface area contributed by atoms with Crippen molar-refractivity contribution in [2.45, 2.75) is 19.9 Å². The lowest BCUT2D eigenvalue weighted by Crippen LogP contribution is -2.17. The van der Waals surface area contributed by atoms with E-state index in [9.17, 15) is 0 Å². The maximum absolute atomic E-state index is 5.45. The summed E-state index contributed by atoms with van der Waals surface area (Å²) in [6.07, 6.45) is 1.72. The third kappa shape index (κ3) is 1.98. The smallest absolute Gasteiger partial charge is 0.125 e. The Balaban J connectivity index is 2.39. The van der Waals surface area contributed by atoms with Gasteiger partial charge in [-0.3, -0.25) is 0 Å². The number of rotatable bonds is 3. The lowest BCUT2D eigenvalue weighted by molar-refractivity contribution is 0.463. The van der Waals surface area contributed by atoms with Gasteiger partial charge in [-0.1, -0.05) is 0 Å². The maximum atomic E-state index is 5.45. The van der Waals surface area contributed by atoms with Gasteiger partial charge in [-0.2, -0.15) is 0 Å². The van der Waals surface area contributed by atoms with Gasteiger partial charge in [-0.15, -0.1) is 11.3 Å². The van der Waals surface area contributed by atoms with Crippen molar-refractivity contribution in [1.82, 2.24) is 5.32 Å². The molecule has 2 aromatic rings. The Labute approximate surface area is 93.9 Å². The third-order valence-electron chi connectivity index (χ3n) is 2.51. The Bertz CT molecular complexity index is 430. The third-order valence-corrected chi connectivity index (χ3v) is 3.49. The summed E-state index contributed by atoms with van der Waals surface area (Å²) in [6.45, 7) is 4.29. The fraction of sp³-hybridized carbons (Fsp3) is 0.333. The molecular formula is C12H15NOS. The molecule has 1 atom stereocenters. The maximum Gasteiger partial charge on any atom is 0.125 e. The van der Waals surface area contributed by atoms with E-state index >= 15 is 0 Å². The molecule has 3 heteroatoms. The first-order valence-corrected chi connectivity index (χ1v) is 5.81. The van der Waals surface area contributed by atoms with E-state index in [4.69, 9.17) is 4.42 Å². The van der Waals surface area contributed by atoms with Crippen molar-refractivity contribution in [2.24, 2.45) is 0 Å². The van der Waals surface area contributed by atoms with E-state index in [1.807, 2.05) is 30.5 Å². The molecule has 0 radical (unpaired) electrons. The summed E-state index contributed by atoms with van der Waals surface area (Å²) < 4.78 is 5.45. The predicted molar refractivity (Wildman–Crippen MR) is 63.4 cm³/mol. The SMILES string of the molecule is CNC(c1ccco1)c1cc(C)sc1C. The summed E-state index contributed by atoms with van der Waals surface area (Å²) >= 11 is 1.83. The molecule has 0 fully saturated rings. The van der Waals surface area contributed by atoms with Crippen molar-refractivity contribution in [3.63, 3.8) is 0 Å². The van der Waals surface area contributed by atoms with Crippen LogP contribution in [0.3, 0.4) is 0 Å². The molecule has 2 nitrogen and oxygen atoms in total. The Hall–Kier alpha value is -1.06. The van der Waals surface area contributed by atoms with E-state index in [-0.39, 0.29) is 6.04 Å². The van der Waals surface area contributed by atoms with E-state index in [1.54, 1.807) is 6.26 Å². The average molecular weight is 221 g/mol. The van der Waals surface area contributed by atoms with Crippen molar-refractivity contribution in [1.29, 1.82) is 0 Å². The first-order chi connectivity index (χ1) is 7.22. The van der Waals surface area contributed by atoms with Gasteiger partial charge >= 0.3 is 0 Å². The van der Waals surface area contributed by atoms with Gasteiger partial charge in [-0.05, 0) is 44.7 Å². The minimum Gasteiger partial charge on any atom is -0.467 e. The Morgan fingerprint density at radius 3 is 2.67 bits per heavy atom. The van der Waals surface area contributed by atoms with Crippen molar-refractivity contribution in [3.05, 3.63) is 45.5 Å². The summed E-state index contributed by atoms with van der Waals surface area (Å²) in [5.41, 5.74) is 1.31. The molecule has 0 aliphatic rings. The zero-order chi connectivity index (χ0) is 10.8. The highest BCUT2D eigenvalue weighted by Gasteiger charge is 2.18. The highest BCUT2D eigenvalue weighted by molar-refractivity contribution is 7.12. The molecule has 0 spiro atoms. The predicted octanol–water partition coefficient (Wildman–Crippen LogP) is 3.27. The molecule has 15 heavy (non-hydrogen) atoms. The van der Waals surface area contributed by atoms with Crippen LogP contribution in [0.1, 0.15) is 27.1 Å². The Kier molecular flexibility index (Phi) is 2.93. The minimum atomic E-state index is 0.171. The summed E-state index contributed by atoms with van der Waals surface area (Å²) in [4.78, 5) is 2.69. The van der Waals surface area contributed by atoms with Gasteiger partial charge in [0.2, 0.25) is 0 Å². The van der Waals surface area contributed by atoms with Crippen LogP contribution in [0.5, 0.6) is 0 Å². The standard InChI is InChI=1S/C12H15NOS/c1-8-7-10(9(2)15-8)12(13-3)11-5-4-6-14-11/h4-7,12-13H,1-3H3. The van der Waals surface area contributed by atoms with Gasteiger partial charge in [0.05, 0.1) is 12.3 Å². The molecule has 2 rings (SSSR count). The minimum absolute atomic E-state index is 0.171. The lowest BCUT2D eigenvalue weighted by Gasteiger charge is -2.13. The zero-order valence-corrected chi connectivity index (χ0v) is 10.0. The van der Waals surface area contributed by atoms with Crippen LogP contribution in [0, 0.1) is 13.8 Å². The molecule has 2 aromatic heterocycles. The largest absolute Gasteiger partial charge is 0.467 e. The highest BCUT2D eigenvalue weighted by Crippen LogP contribution is 2.30. The molecule has 0 amide bonds. The first-order valence-electron chi connectivity index (χ1n) is 5.00. The molecule has 0 saturated carbocycles. The molecular weight excluding hydrogens is 206 g/mol. The van der Waals surface area contributed by atoms with Crippen LogP contribution in [0.2, 0.25) is 0 Å². The van der Waals surface area contributed by atoms with E-state index in [0.29, 0.717) is 0 Å². The van der Waals surface area contributed by atoms with Gasteiger partial charge in [-0.25, -0.2) is 0 Å². The number of hydrogen-bond donors (Lipinski definition) is 1. The molecule has 1 unspecified atom stereocenters. The number of hydrogen-bond acceptors (Lipinski definition) is 3. The Morgan fingerprint density at radius 2 is 2.20 bits per heavy atom. The fourth-order valence-corrected chi connectivity index (χ4v) is 2.81. The monoisotopic (exact) mass is 221 g/mol. The highest BCUT2D eigenvalue weighted by atomic mass is 32.1. The Morgan fingerprint density at radius 1 is 1.40 bits per heavy atom. The molecule has 0 aliphatic heterocycles. The van der Waals surface area contributed by atoms with E-state index in [2.05, 4.69) is 25.2 Å². The summed E-state index contributed by atoms with van der Waals surface area (Å²) in [5, 5.41) is 3.29. The van der Waals surface area contributed by atoms with Gasteiger partial charge in [0, 0.05) is 9.75 Å². The van der Waals surface area contributed by atoms with E-state index in [0.717, 1.165) is 5.76 Å². The van der Waals surface area contributed by atoms with Crippen LogP contribution >= 0.6 is 11.3 Å². The molecule has 1 N–H and O–H groups in total. The second-order valence-electron chi connectivity index (χ2n) is 3.61. The fourth-order valence-electron chi connectivity index (χ4n) is 1.84. The topological polar surface area (TPSA) is 25.2 Å². The lowest BCUT2D eigenvalue weighted by atomic mass is 10.1. The summed E-state index contributed by atoms with van der Waals surface area (Å²) in [5.74, 6) is 0.971. The van der Waals surface area contributed by atoms with Crippen LogP contribution in [-0.2, 0) is 0 Å². The summed E-state index contributed by atoms with van der Waals surface area (Å²) in [7, 11) is 1.96. The molecule has 0 bridgehead atoms. The normalized spacial score (nSPS) is 13.0. The number of nitrogens with one attached hydrogen (secondary N) is 1. The van der Waals surface area contributed by atoms with Gasteiger partial charge < -0.3 is 9.73 Å². The molecule has 0 saturated heterocycles. The van der Waals surface area contributed by atoms with Crippen molar-refractivity contribution < 1.29 is 4.42 Å². The molecule has 0 aromatic carbocycles. The van der Waals surface area contributed by atoms with Crippen LogP contribution in [0.4, 0.5) is 0 Å². The van der Waals surface area contributed by atoms with Crippen molar-refractivity contribution in [2.75, 3.05) is 7.05 Å². The van der Waals surface area contributed by atoms with Crippen LogP contribution in [-0.4, -0.2) is 7.05 Å². The molecule has 2 heterocycles. The second-order valence-corrected chi connectivity index (χ2v) is 5.07. The van der Waals surface area contributed by atoms with E-state index in [1.165, 1.54) is 15.3 Å². The average Bonchev–Trinajstić information content (AvgIpc) is 2.79. The van der Waals surface area contributed by atoms with Crippen molar-refractivity contribution in [3.8, 4) is 0 Å². The van der Waals surface area contributed by atoms with Crippen LogP contribution < -0.4 is 5.32 Å². The van der Waals surface area contributed by atoms with Gasteiger partial charge in [0.15, 0.2) is 0 Å². The molecule has 80 valence electrons. The van der Waals surface area contributed by atoms with E-state index < -0.39 is 0 Å². The van der Waals surface area contributed by atoms with Crippen molar-refractivity contribution >= 4 is 11.3 Å². The second kappa shape index (κ2) is 4.21. The van der Waals surface area contributed by atoms with Crippen LogP contribution in [0.25, 0.3) is 0 Å². The number of thiophene rings is 1. The number of furan rings is 1. The first kappa shape index (κ1) is 10.5. The zero-order valence-electron chi connectivity index (χ0n) is 9.20. The van der Waals surface area contributed by atoms with Gasteiger partial charge in [0.1, 0.15) is 5.76 Å². The molecule has 0 aliphatic carbocycles. The quantitative estimate of drug-likeness (QED) is 0.860. The van der Waals surface area contributed by atoms with Crippen LogP contribution in [0.15, 0.2) is 28.9 Å². The summed E-state index contributed by atoms with van der Waals surface area (Å²) in [6, 6.07) is 6.33. The number of aryl methyl sites for hydroxylation is 2. The van der Waals surface area contributed by atoms with Gasteiger partial charge in [0.25, 0.3) is 0 Å².